The highest BCUT2D eigenvalue weighted by atomic mass is 31.2. The second-order valence-electron chi connectivity index (χ2n) is 8.28. The summed E-state index contributed by atoms with van der Waals surface area (Å²) in [5, 5.41) is 10.6. The van der Waals surface area contributed by atoms with Gasteiger partial charge in [0.1, 0.15) is 11.5 Å². The summed E-state index contributed by atoms with van der Waals surface area (Å²) in [6.45, 7) is 15.4. The fourth-order valence-corrected chi connectivity index (χ4v) is 4.96. The predicted octanol–water partition coefficient (Wildman–Crippen LogP) is 6.83. The molecule has 1 unspecified atom stereocenters. The van der Waals surface area contributed by atoms with E-state index < -0.39 is 7.60 Å². The van der Waals surface area contributed by atoms with Gasteiger partial charge < -0.3 is 9.63 Å². The van der Waals surface area contributed by atoms with Gasteiger partial charge in [0.05, 0.1) is 5.31 Å². The van der Waals surface area contributed by atoms with Gasteiger partial charge in [-0.05, 0) is 80.0 Å². The molecule has 0 spiro atoms. The number of phenolic OH excluding ortho intramolecular Hbond substituents is 1. The molecule has 0 aliphatic heterocycles. The summed E-state index contributed by atoms with van der Waals surface area (Å²) in [6.07, 6.45) is 3.59. The normalized spacial score (nSPS) is 14.1. The van der Waals surface area contributed by atoms with E-state index in [4.69, 9.17) is 9.15 Å². The van der Waals surface area contributed by atoms with Gasteiger partial charge in [-0.15, -0.1) is 0 Å². The number of hydrogen-bond acceptors (Lipinski definition) is 6. The number of aryl methyl sites for hydroxylation is 3. The van der Waals surface area contributed by atoms with Crippen LogP contribution in [0.4, 0.5) is 5.82 Å². The Hall–Kier alpha value is -2.30. The van der Waals surface area contributed by atoms with Crippen LogP contribution in [-0.2, 0) is 9.19 Å². The lowest BCUT2D eigenvalue weighted by atomic mass is 10.1. The number of allylic oxidation sites excluding steroid dienone is 2. The Morgan fingerprint density at radius 3 is 2.23 bits per heavy atom. The van der Waals surface area contributed by atoms with Crippen molar-refractivity contribution in [2.45, 2.75) is 55.4 Å². The minimum atomic E-state index is -3.79. The van der Waals surface area contributed by atoms with Crippen molar-refractivity contribution in [3.63, 3.8) is 0 Å². The van der Waals surface area contributed by atoms with Crippen molar-refractivity contribution in [3.05, 3.63) is 58.0 Å². The molecule has 0 aliphatic carbocycles. The number of hydrogen-bond donors (Lipinski definition) is 2. The SMILES string of the molecule is Cc1ccnc(NOP(=O)(Oc2cc(C)c(O)c(C)c2)/C(=C/C(C)C)C(C)C)c1C. The maximum atomic E-state index is 14.1. The molecule has 0 amide bonds. The molecule has 7 heteroatoms. The van der Waals surface area contributed by atoms with E-state index in [0.29, 0.717) is 28.0 Å². The van der Waals surface area contributed by atoms with Crippen LogP contribution >= 0.6 is 7.60 Å². The number of pyridine rings is 1. The van der Waals surface area contributed by atoms with Crippen LogP contribution in [-0.4, -0.2) is 10.1 Å². The zero-order chi connectivity index (χ0) is 22.6. The van der Waals surface area contributed by atoms with E-state index >= 15 is 0 Å². The van der Waals surface area contributed by atoms with Gasteiger partial charge in [-0.1, -0.05) is 33.8 Å². The molecule has 0 saturated carbocycles. The molecular weight excluding hydrogens is 399 g/mol. The lowest BCUT2D eigenvalue weighted by Gasteiger charge is -2.25. The van der Waals surface area contributed by atoms with Crippen molar-refractivity contribution in [2.75, 3.05) is 5.48 Å². The second-order valence-corrected chi connectivity index (χ2v) is 10.2. The van der Waals surface area contributed by atoms with E-state index in [1.807, 2.05) is 53.7 Å². The summed E-state index contributed by atoms with van der Waals surface area (Å²) in [6, 6.07) is 5.21. The van der Waals surface area contributed by atoms with Crippen molar-refractivity contribution in [3.8, 4) is 11.5 Å². The van der Waals surface area contributed by atoms with Crippen molar-refractivity contribution in [2.24, 2.45) is 11.8 Å². The Kier molecular flexibility index (Phi) is 7.73. The molecule has 30 heavy (non-hydrogen) atoms. The fraction of sp³-hybridized carbons (Fsp3) is 0.435. The van der Waals surface area contributed by atoms with Crippen LogP contribution in [0.3, 0.4) is 0 Å². The van der Waals surface area contributed by atoms with Crippen molar-refractivity contribution in [1.82, 2.24) is 4.98 Å². The highest BCUT2D eigenvalue weighted by molar-refractivity contribution is 7.58. The maximum Gasteiger partial charge on any atom is 0.427 e. The number of aromatic nitrogens is 1. The number of rotatable bonds is 8. The lowest BCUT2D eigenvalue weighted by Crippen LogP contribution is -2.12. The highest BCUT2D eigenvalue weighted by Crippen LogP contribution is 2.59. The summed E-state index contributed by atoms with van der Waals surface area (Å²) in [5.74, 6) is 1.15. The van der Waals surface area contributed by atoms with Gasteiger partial charge in [0.2, 0.25) is 0 Å². The molecule has 2 rings (SSSR count). The van der Waals surface area contributed by atoms with Gasteiger partial charge in [0.15, 0.2) is 5.82 Å². The third kappa shape index (κ3) is 5.65. The number of aromatic hydroxyl groups is 1. The third-order valence-corrected chi connectivity index (χ3v) is 6.92. The molecule has 1 heterocycles. The van der Waals surface area contributed by atoms with Crippen LogP contribution in [0, 0.1) is 39.5 Å². The molecule has 2 N–H and O–H groups in total. The second kappa shape index (κ2) is 9.67. The van der Waals surface area contributed by atoms with Crippen LogP contribution in [0.25, 0.3) is 0 Å². The first-order chi connectivity index (χ1) is 13.9. The molecule has 0 radical (unpaired) electrons. The van der Waals surface area contributed by atoms with Crippen molar-refractivity contribution >= 4 is 13.4 Å². The predicted molar refractivity (Wildman–Crippen MR) is 122 cm³/mol. The number of phenols is 1. The average molecular weight is 433 g/mol. The Morgan fingerprint density at radius 1 is 1.10 bits per heavy atom. The van der Waals surface area contributed by atoms with Crippen LogP contribution in [0.5, 0.6) is 11.5 Å². The van der Waals surface area contributed by atoms with E-state index in [1.54, 1.807) is 32.2 Å². The van der Waals surface area contributed by atoms with E-state index in [2.05, 4.69) is 10.5 Å². The van der Waals surface area contributed by atoms with Gasteiger partial charge in [-0.3, -0.25) is 0 Å². The zero-order valence-electron chi connectivity index (χ0n) is 19.1. The largest absolute Gasteiger partial charge is 0.507 e. The Morgan fingerprint density at radius 2 is 1.70 bits per heavy atom. The highest BCUT2D eigenvalue weighted by Gasteiger charge is 2.35. The van der Waals surface area contributed by atoms with E-state index in [-0.39, 0.29) is 17.6 Å². The molecule has 164 valence electrons. The number of anilines is 1. The minimum absolute atomic E-state index is 0.0640. The smallest absolute Gasteiger partial charge is 0.427 e. The van der Waals surface area contributed by atoms with Crippen LogP contribution in [0.15, 0.2) is 35.8 Å². The molecule has 1 atom stereocenters. The van der Waals surface area contributed by atoms with E-state index in [9.17, 15) is 9.67 Å². The monoisotopic (exact) mass is 432 g/mol. The fourth-order valence-electron chi connectivity index (χ4n) is 3.01. The van der Waals surface area contributed by atoms with Crippen LogP contribution in [0.1, 0.15) is 49.9 Å². The molecule has 0 fully saturated rings. The average Bonchev–Trinajstić information content (AvgIpc) is 2.65. The summed E-state index contributed by atoms with van der Waals surface area (Å²) >= 11 is 0. The maximum absolute atomic E-state index is 14.1. The van der Waals surface area contributed by atoms with Crippen LogP contribution < -0.4 is 10.0 Å². The Bertz CT molecular complexity index is 960. The van der Waals surface area contributed by atoms with Crippen LogP contribution in [0.2, 0.25) is 0 Å². The van der Waals surface area contributed by atoms with Gasteiger partial charge >= 0.3 is 7.60 Å². The van der Waals surface area contributed by atoms with Gasteiger partial charge in [0, 0.05) is 6.20 Å². The molecule has 1 aromatic heterocycles. The Balaban J connectivity index is 2.49. The minimum Gasteiger partial charge on any atom is -0.507 e. The number of nitrogens with zero attached hydrogens (tertiary/aromatic N) is 1. The number of benzene rings is 1. The Labute approximate surface area is 179 Å². The summed E-state index contributed by atoms with van der Waals surface area (Å²) < 4.78 is 25.8. The van der Waals surface area contributed by atoms with Gasteiger partial charge in [-0.2, -0.15) is 4.62 Å². The summed E-state index contributed by atoms with van der Waals surface area (Å²) in [4.78, 5) is 4.29. The zero-order valence-corrected chi connectivity index (χ0v) is 20.0. The molecule has 0 aliphatic rings. The van der Waals surface area contributed by atoms with Gasteiger partial charge in [-0.25, -0.2) is 15.0 Å². The molecule has 0 saturated heterocycles. The molecule has 6 nitrogen and oxygen atoms in total. The standard InChI is InChI=1S/C23H33N2O4P/c1-14(2)11-21(15(3)4)30(27,28-20-12-17(6)22(26)18(7)13-20)29-25-23-19(8)16(5)9-10-24-23/h9-15,26H,1-8H3,(H,24,25)/b21-11+. The van der Waals surface area contributed by atoms with Crippen molar-refractivity contribution < 1.29 is 18.8 Å². The number of nitrogens with one attached hydrogen (secondary N) is 1. The topological polar surface area (TPSA) is 80.7 Å². The molecule has 1 aromatic carbocycles. The van der Waals surface area contributed by atoms with Gasteiger partial charge in [0.25, 0.3) is 0 Å². The van der Waals surface area contributed by atoms with Crippen molar-refractivity contribution in [1.29, 1.82) is 0 Å². The molecule has 2 aromatic rings. The molecule has 0 bridgehead atoms. The summed E-state index contributed by atoms with van der Waals surface area (Å²) in [7, 11) is -3.79. The molecular formula is C23H33N2O4P. The first kappa shape index (κ1) is 24.0. The van der Waals surface area contributed by atoms with E-state index in [1.165, 1.54) is 0 Å². The quantitative estimate of drug-likeness (QED) is 0.351. The summed E-state index contributed by atoms with van der Waals surface area (Å²) in [5.41, 5.74) is 5.99. The van der Waals surface area contributed by atoms with E-state index in [0.717, 1.165) is 11.1 Å². The third-order valence-electron chi connectivity index (χ3n) is 4.84. The first-order valence-corrected chi connectivity index (χ1v) is 11.7. The first-order valence-electron chi connectivity index (χ1n) is 10.1. The lowest BCUT2D eigenvalue weighted by molar-refractivity contribution is 0.319.